The van der Waals surface area contributed by atoms with E-state index < -0.39 is 5.60 Å². The highest BCUT2D eigenvalue weighted by Gasteiger charge is 2.52. The highest BCUT2D eigenvalue weighted by molar-refractivity contribution is 7.16. The molecule has 3 aromatic rings. The van der Waals surface area contributed by atoms with E-state index in [-0.39, 0.29) is 5.78 Å². The number of benzene rings is 2. The molecular formula is C19H15N3O2S. The van der Waals surface area contributed by atoms with Gasteiger partial charge < -0.3 is 10.0 Å². The SMILES string of the molecule is Cc1ccc2c(c1)C(=O)[C@]1(O)CCN(c3ccc4ncsc4c3)C1=N2. The maximum atomic E-state index is 13.0. The van der Waals surface area contributed by atoms with Gasteiger partial charge in [0.25, 0.3) is 0 Å². The van der Waals surface area contributed by atoms with Crippen molar-refractivity contribution in [1.29, 1.82) is 0 Å². The Labute approximate surface area is 148 Å². The number of aliphatic imine (C=N–C) groups is 1. The Morgan fingerprint density at radius 3 is 3.00 bits per heavy atom. The number of hydrogen-bond donors (Lipinski definition) is 1. The molecule has 0 bridgehead atoms. The monoisotopic (exact) mass is 349 g/mol. The van der Waals surface area contributed by atoms with E-state index in [1.807, 2.05) is 53.7 Å². The molecule has 1 fully saturated rings. The van der Waals surface area contributed by atoms with Crippen LogP contribution in [0.1, 0.15) is 22.3 Å². The molecule has 3 heterocycles. The van der Waals surface area contributed by atoms with E-state index in [1.165, 1.54) is 0 Å². The minimum absolute atomic E-state index is 0.252. The van der Waals surface area contributed by atoms with Gasteiger partial charge in [-0.1, -0.05) is 11.6 Å². The summed E-state index contributed by atoms with van der Waals surface area (Å²) in [5.74, 6) is 0.176. The molecule has 124 valence electrons. The zero-order chi connectivity index (χ0) is 17.2. The molecule has 6 heteroatoms. The molecule has 0 unspecified atom stereocenters. The number of rotatable bonds is 1. The van der Waals surface area contributed by atoms with Crippen LogP contribution in [0.3, 0.4) is 0 Å². The highest BCUT2D eigenvalue weighted by atomic mass is 32.1. The third-order valence-corrected chi connectivity index (χ3v) is 5.74. The van der Waals surface area contributed by atoms with Crippen LogP contribution in [0.4, 0.5) is 11.4 Å². The van der Waals surface area contributed by atoms with Gasteiger partial charge in [0.05, 0.1) is 21.4 Å². The summed E-state index contributed by atoms with van der Waals surface area (Å²) < 4.78 is 1.08. The standard InChI is InChI=1S/C19H15N3O2S/c1-11-2-4-14-13(8-11)17(23)19(24)6-7-22(18(19)21-14)12-3-5-15-16(9-12)25-10-20-15/h2-5,8-10,24H,6-7H2,1H3/t19-/m1/s1. The smallest absolute Gasteiger partial charge is 0.204 e. The first-order valence-electron chi connectivity index (χ1n) is 8.14. The van der Waals surface area contributed by atoms with Crippen molar-refractivity contribution >= 4 is 44.5 Å². The summed E-state index contributed by atoms with van der Waals surface area (Å²) in [5.41, 5.74) is 4.27. The van der Waals surface area contributed by atoms with Crippen LogP contribution in [0.5, 0.6) is 0 Å². The zero-order valence-corrected chi connectivity index (χ0v) is 14.4. The summed E-state index contributed by atoms with van der Waals surface area (Å²) in [5, 5.41) is 11.1. The molecule has 2 aliphatic rings. The Kier molecular flexibility index (Phi) is 2.93. The second-order valence-corrected chi connectivity index (χ2v) is 7.44. The van der Waals surface area contributed by atoms with Crippen LogP contribution in [0.25, 0.3) is 10.2 Å². The molecule has 0 spiro atoms. The summed E-state index contributed by atoms with van der Waals surface area (Å²) >= 11 is 1.57. The fourth-order valence-electron chi connectivity index (χ4n) is 3.61. The highest BCUT2D eigenvalue weighted by Crippen LogP contribution is 2.40. The first-order chi connectivity index (χ1) is 12.1. The minimum Gasteiger partial charge on any atom is -0.374 e. The number of nitrogens with zero attached hydrogens (tertiary/aromatic N) is 3. The number of Topliss-reactive ketones (excluding diaryl/α,β-unsaturated/α-hetero) is 1. The van der Waals surface area contributed by atoms with Gasteiger partial charge in [-0.15, -0.1) is 11.3 Å². The molecule has 5 nitrogen and oxygen atoms in total. The fourth-order valence-corrected chi connectivity index (χ4v) is 4.32. The summed E-state index contributed by atoms with van der Waals surface area (Å²) in [6.45, 7) is 2.49. The maximum absolute atomic E-state index is 13.0. The second kappa shape index (κ2) is 4.97. The second-order valence-electron chi connectivity index (χ2n) is 6.55. The van der Waals surface area contributed by atoms with Crippen molar-refractivity contribution in [3.63, 3.8) is 0 Å². The van der Waals surface area contributed by atoms with Gasteiger partial charge >= 0.3 is 0 Å². The number of aliphatic hydroxyl groups is 1. The summed E-state index contributed by atoms with van der Waals surface area (Å²) in [6.07, 6.45) is 0.346. The first-order valence-corrected chi connectivity index (χ1v) is 9.02. The molecule has 5 rings (SSSR count). The van der Waals surface area contributed by atoms with Gasteiger partial charge in [-0.05, 0) is 37.3 Å². The topological polar surface area (TPSA) is 65.8 Å². The van der Waals surface area contributed by atoms with Crippen LogP contribution in [0.2, 0.25) is 0 Å². The van der Waals surface area contributed by atoms with E-state index >= 15 is 0 Å². The average Bonchev–Trinajstić information content (AvgIpc) is 3.20. The van der Waals surface area contributed by atoms with E-state index in [0.717, 1.165) is 21.5 Å². The van der Waals surface area contributed by atoms with Gasteiger partial charge in [-0.25, -0.2) is 9.98 Å². The van der Waals surface area contributed by atoms with E-state index in [4.69, 9.17) is 0 Å². The third-order valence-electron chi connectivity index (χ3n) is 4.95. The van der Waals surface area contributed by atoms with Gasteiger partial charge in [-0.2, -0.15) is 0 Å². The van der Waals surface area contributed by atoms with Crippen molar-refractivity contribution in [2.75, 3.05) is 11.4 Å². The number of ketones is 1. The van der Waals surface area contributed by atoms with E-state index in [1.54, 1.807) is 11.3 Å². The average molecular weight is 349 g/mol. The van der Waals surface area contributed by atoms with Gasteiger partial charge in [0.15, 0.2) is 5.60 Å². The van der Waals surface area contributed by atoms with Crippen LogP contribution in [-0.2, 0) is 0 Å². The van der Waals surface area contributed by atoms with Crippen LogP contribution < -0.4 is 4.90 Å². The van der Waals surface area contributed by atoms with Crippen LogP contribution in [-0.4, -0.2) is 33.9 Å². The molecule has 1 N–H and O–H groups in total. The van der Waals surface area contributed by atoms with Gasteiger partial charge in [-0.3, -0.25) is 4.79 Å². The van der Waals surface area contributed by atoms with Crippen LogP contribution >= 0.6 is 11.3 Å². The van der Waals surface area contributed by atoms with Crippen LogP contribution in [0.15, 0.2) is 46.9 Å². The maximum Gasteiger partial charge on any atom is 0.204 e. The molecule has 0 radical (unpaired) electrons. The van der Waals surface area contributed by atoms with Crippen molar-refractivity contribution < 1.29 is 9.90 Å². The lowest BCUT2D eigenvalue weighted by Crippen LogP contribution is -2.48. The lowest BCUT2D eigenvalue weighted by molar-refractivity contribution is 0.0602. The predicted octanol–water partition coefficient (Wildman–Crippen LogP) is 3.47. The Bertz CT molecular complexity index is 1070. The number of hydrogen-bond acceptors (Lipinski definition) is 6. The van der Waals surface area contributed by atoms with Gasteiger partial charge in [0.1, 0.15) is 5.84 Å². The number of carbonyl (C=O) groups excluding carboxylic acids is 1. The Morgan fingerprint density at radius 1 is 1.24 bits per heavy atom. The number of thiazole rings is 1. The zero-order valence-electron chi connectivity index (χ0n) is 13.6. The molecule has 2 aromatic carbocycles. The third kappa shape index (κ3) is 2.01. The summed E-state index contributed by atoms with van der Waals surface area (Å²) in [4.78, 5) is 23.9. The lowest BCUT2D eigenvalue weighted by Gasteiger charge is -2.29. The molecular weight excluding hydrogens is 334 g/mol. The van der Waals surface area contributed by atoms with Gasteiger partial charge in [0.2, 0.25) is 5.78 Å². The number of aromatic nitrogens is 1. The van der Waals surface area contributed by atoms with E-state index in [0.29, 0.717) is 30.1 Å². The molecule has 0 saturated carbocycles. The first kappa shape index (κ1) is 14.7. The number of fused-ring (bicyclic) bond motifs is 3. The Morgan fingerprint density at radius 2 is 2.12 bits per heavy atom. The lowest BCUT2D eigenvalue weighted by atomic mass is 9.87. The van der Waals surface area contributed by atoms with Crippen LogP contribution in [0, 0.1) is 6.92 Å². The number of amidine groups is 1. The van der Waals surface area contributed by atoms with Gasteiger partial charge in [0, 0.05) is 24.2 Å². The molecule has 1 aromatic heterocycles. The Balaban J connectivity index is 1.67. The summed E-state index contributed by atoms with van der Waals surface area (Å²) in [6, 6.07) is 11.5. The van der Waals surface area contributed by atoms with Crippen molar-refractivity contribution in [3.8, 4) is 0 Å². The predicted molar refractivity (Wildman–Crippen MR) is 99.1 cm³/mol. The molecule has 1 atom stereocenters. The number of anilines is 1. The Hall–Kier alpha value is -2.57. The van der Waals surface area contributed by atoms with Crippen molar-refractivity contribution in [2.45, 2.75) is 18.9 Å². The minimum atomic E-state index is -1.54. The molecule has 1 saturated heterocycles. The van der Waals surface area contributed by atoms with E-state index in [2.05, 4.69) is 9.98 Å². The molecule has 0 amide bonds. The van der Waals surface area contributed by atoms with Crippen molar-refractivity contribution in [2.24, 2.45) is 4.99 Å². The molecule has 0 aliphatic carbocycles. The van der Waals surface area contributed by atoms with E-state index in [9.17, 15) is 9.90 Å². The quantitative estimate of drug-likeness (QED) is 0.730. The largest absolute Gasteiger partial charge is 0.374 e. The summed E-state index contributed by atoms with van der Waals surface area (Å²) in [7, 11) is 0. The fraction of sp³-hybridized carbons (Fsp3) is 0.211. The number of carbonyl (C=O) groups is 1. The normalized spacial score (nSPS) is 22.1. The van der Waals surface area contributed by atoms with Crippen molar-refractivity contribution in [1.82, 2.24) is 4.98 Å². The number of aryl methyl sites for hydroxylation is 1. The van der Waals surface area contributed by atoms with Crippen molar-refractivity contribution in [3.05, 3.63) is 53.0 Å². The molecule has 2 aliphatic heterocycles. The molecule has 25 heavy (non-hydrogen) atoms.